The lowest BCUT2D eigenvalue weighted by Gasteiger charge is -2.29. The van der Waals surface area contributed by atoms with E-state index in [0.29, 0.717) is 27.3 Å². The number of carbonyl (C=O) groups is 1. The second kappa shape index (κ2) is 10.6. The molecule has 1 fully saturated rings. The van der Waals surface area contributed by atoms with E-state index in [9.17, 15) is 9.90 Å². The highest BCUT2D eigenvalue weighted by Crippen LogP contribution is 2.45. The highest BCUT2D eigenvalue weighted by atomic mass is 35.5. The highest BCUT2D eigenvalue weighted by Gasteiger charge is 2.42. The number of halogens is 1. The van der Waals surface area contributed by atoms with Gasteiger partial charge in [0, 0.05) is 35.2 Å². The van der Waals surface area contributed by atoms with Gasteiger partial charge in [0.15, 0.2) is 5.11 Å². The maximum absolute atomic E-state index is 11.9. The molecule has 1 aliphatic rings. The molecule has 10 heteroatoms. The van der Waals surface area contributed by atoms with Gasteiger partial charge >= 0.3 is 0 Å². The average molecular weight is 562 g/mol. The lowest BCUT2D eigenvalue weighted by Crippen LogP contribution is -2.29. The van der Waals surface area contributed by atoms with Crippen LogP contribution in [0.15, 0.2) is 66.9 Å². The van der Waals surface area contributed by atoms with Gasteiger partial charge in [-0.2, -0.15) is 0 Å². The molecular weight excluding hydrogens is 534 g/mol. The van der Waals surface area contributed by atoms with Crippen molar-refractivity contribution in [3.63, 3.8) is 0 Å². The van der Waals surface area contributed by atoms with E-state index < -0.39 is 0 Å². The van der Waals surface area contributed by atoms with Crippen LogP contribution < -0.4 is 20.3 Å². The molecule has 5 rings (SSSR count). The number of methoxy groups -OCH3 is 1. The van der Waals surface area contributed by atoms with Crippen LogP contribution in [0.3, 0.4) is 0 Å². The smallest absolute Gasteiger partial charge is 0.221 e. The molecule has 0 aliphatic carbocycles. The first-order valence-corrected chi connectivity index (χ1v) is 13.1. The number of hydrogen-bond donors (Lipinski definition) is 3. The number of nitrogens with one attached hydrogen (secondary N) is 2. The van der Waals surface area contributed by atoms with Gasteiger partial charge in [0.1, 0.15) is 11.5 Å². The summed E-state index contributed by atoms with van der Waals surface area (Å²) >= 11 is 12.2. The second-order valence-corrected chi connectivity index (χ2v) is 10.2. The molecule has 1 aliphatic heterocycles. The van der Waals surface area contributed by atoms with Crippen molar-refractivity contribution < 1.29 is 14.6 Å². The van der Waals surface area contributed by atoms with Crippen molar-refractivity contribution in [2.24, 2.45) is 0 Å². The van der Waals surface area contributed by atoms with E-state index in [1.807, 2.05) is 59.7 Å². The average Bonchev–Trinajstić information content (AvgIpc) is 3.40. The number of phenolic OH excluding ortho intramolecular Hbond substituents is 1. The Hall–Kier alpha value is -4.08. The molecule has 39 heavy (non-hydrogen) atoms. The van der Waals surface area contributed by atoms with E-state index >= 15 is 0 Å². The number of anilines is 2. The number of benzene rings is 2. The Morgan fingerprint density at radius 3 is 2.64 bits per heavy atom. The topological polar surface area (TPSA) is 91.7 Å². The summed E-state index contributed by atoms with van der Waals surface area (Å²) in [4.78, 5) is 18.6. The van der Waals surface area contributed by atoms with Gasteiger partial charge in [0.05, 0.1) is 36.3 Å². The number of aryl methyl sites for hydroxylation is 1. The summed E-state index contributed by atoms with van der Waals surface area (Å²) in [5.41, 5.74) is 5.57. The SMILES string of the molecule is COc1ccc(N2C(=S)N[C@H](c3ccccn3)[C@@H]2c2cc(C)n(-c3cc(Cl)ccc3O)c2C)cc1NC(C)=O. The Balaban J connectivity index is 1.70. The monoisotopic (exact) mass is 561 g/mol. The van der Waals surface area contributed by atoms with Gasteiger partial charge in [-0.05, 0) is 86.2 Å². The molecule has 2 atom stereocenters. The lowest BCUT2D eigenvalue weighted by atomic mass is 9.96. The normalized spacial score (nSPS) is 16.7. The quantitative estimate of drug-likeness (QED) is 0.249. The maximum atomic E-state index is 11.9. The summed E-state index contributed by atoms with van der Waals surface area (Å²) in [5.74, 6) is 0.459. The number of pyridine rings is 1. The van der Waals surface area contributed by atoms with E-state index in [2.05, 4.69) is 21.7 Å². The summed E-state index contributed by atoms with van der Waals surface area (Å²) in [6, 6.07) is 17.9. The summed E-state index contributed by atoms with van der Waals surface area (Å²) in [5, 5.41) is 18.0. The number of aromatic hydroxyl groups is 1. The van der Waals surface area contributed by atoms with Gasteiger partial charge in [0.25, 0.3) is 0 Å². The van der Waals surface area contributed by atoms with Crippen molar-refractivity contribution in [1.82, 2.24) is 14.9 Å². The molecule has 1 amide bonds. The standard InChI is InChI=1S/C29H28ClN5O3S/c1-16-13-21(17(2)34(16)24-14-19(30)8-10-25(24)37)28-27(22-7-5-6-12-31-22)33-29(39)35(28)20-9-11-26(38-4)23(15-20)32-18(3)36/h5-15,27-28,37H,1-4H3,(H,32,36)(H,33,39)/t27-,28+/m1/s1. The molecule has 200 valence electrons. The zero-order chi connectivity index (χ0) is 27.8. The largest absolute Gasteiger partial charge is 0.506 e. The van der Waals surface area contributed by atoms with Crippen molar-refractivity contribution in [2.75, 3.05) is 17.3 Å². The van der Waals surface area contributed by atoms with Crippen molar-refractivity contribution >= 4 is 46.2 Å². The summed E-state index contributed by atoms with van der Waals surface area (Å²) < 4.78 is 7.46. The number of carbonyl (C=O) groups excluding carboxylic acids is 1. The Labute approximate surface area is 237 Å². The fraction of sp³-hybridized carbons (Fsp3) is 0.207. The Morgan fingerprint density at radius 2 is 1.95 bits per heavy atom. The molecule has 0 unspecified atom stereocenters. The molecule has 0 radical (unpaired) electrons. The molecule has 0 saturated carbocycles. The minimum absolute atomic E-state index is 0.126. The van der Waals surface area contributed by atoms with Crippen molar-refractivity contribution in [1.29, 1.82) is 0 Å². The molecule has 2 aromatic heterocycles. The first kappa shape index (κ1) is 26.5. The first-order valence-electron chi connectivity index (χ1n) is 12.3. The van der Waals surface area contributed by atoms with Crippen LogP contribution in [0.25, 0.3) is 5.69 Å². The van der Waals surface area contributed by atoms with Crippen molar-refractivity contribution in [3.8, 4) is 17.2 Å². The van der Waals surface area contributed by atoms with Gasteiger partial charge in [0.2, 0.25) is 5.91 Å². The fourth-order valence-corrected chi connectivity index (χ4v) is 5.73. The highest BCUT2D eigenvalue weighted by molar-refractivity contribution is 7.80. The number of nitrogens with zero attached hydrogens (tertiary/aromatic N) is 3. The van der Waals surface area contributed by atoms with Crippen LogP contribution in [0, 0.1) is 13.8 Å². The zero-order valence-corrected chi connectivity index (χ0v) is 23.5. The van der Waals surface area contributed by atoms with Crippen molar-refractivity contribution in [3.05, 3.63) is 94.5 Å². The molecule has 0 bridgehead atoms. The van der Waals surface area contributed by atoms with Crippen LogP contribution in [-0.2, 0) is 4.79 Å². The second-order valence-electron chi connectivity index (χ2n) is 9.36. The van der Waals surface area contributed by atoms with Crippen LogP contribution in [0.1, 0.15) is 41.7 Å². The van der Waals surface area contributed by atoms with E-state index in [1.165, 1.54) is 6.92 Å². The Morgan fingerprint density at radius 1 is 1.15 bits per heavy atom. The number of hydrogen-bond acceptors (Lipinski definition) is 5. The van der Waals surface area contributed by atoms with Gasteiger partial charge in [-0.1, -0.05) is 17.7 Å². The van der Waals surface area contributed by atoms with Crippen LogP contribution in [0.2, 0.25) is 5.02 Å². The summed E-state index contributed by atoms with van der Waals surface area (Å²) in [7, 11) is 1.56. The van der Waals surface area contributed by atoms with Crippen LogP contribution in [-0.4, -0.2) is 32.8 Å². The van der Waals surface area contributed by atoms with Crippen molar-refractivity contribution in [2.45, 2.75) is 32.9 Å². The predicted molar refractivity (Wildman–Crippen MR) is 157 cm³/mol. The van der Waals surface area contributed by atoms with Crippen LogP contribution in [0.4, 0.5) is 11.4 Å². The molecule has 1 saturated heterocycles. The number of thiocarbonyl (C=S) groups is 1. The molecule has 3 heterocycles. The van der Waals surface area contributed by atoms with Crippen LogP contribution in [0.5, 0.6) is 11.5 Å². The van der Waals surface area contributed by atoms with E-state index in [-0.39, 0.29) is 23.7 Å². The van der Waals surface area contributed by atoms with Crippen LogP contribution >= 0.6 is 23.8 Å². The van der Waals surface area contributed by atoms with E-state index in [1.54, 1.807) is 31.5 Å². The van der Waals surface area contributed by atoms with Gasteiger partial charge in [-0.15, -0.1) is 0 Å². The molecular formula is C29H28ClN5O3S. The maximum Gasteiger partial charge on any atom is 0.221 e. The summed E-state index contributed by atoms with van der Waals surface area (Å²) in [6.07, 6.45) is 1.76. The third-order valence-corrected chi connectivity index (χ3v) is 7.39. The number of ether oxygens (including phenoxy) is 1. The van der Waals surface area contributed by atoms with Gasteiger partial charge in [-0.3, -0.25) is 9.78 Å². The third kappa shape index (κ3) is 4.91. The predicted octanol–water partition coefficient (Wildman–Crippen LogP) is 5.99. The zero-order valence-electron chi connectivity index (χ0n) is 21.9. The molecule has 2 aromatic carbocycles. The summed E-state index contributed by atoms with van der Waals surface area (Å²) in [6.45, 7) is 5.45. The Bertz CT molecular complexity index is 1570. The van der Waals surface area contributed by atoms with Gasteiger partial charge < -0.3 is 29.9 Å². The lowest BCUT2D eigenvalue weighted by molar-refractivity contribution is -0.114. The van der Waals surface area contributed by atoms with E-state index in [0.717, 1.165) is 28.3 Å². The number of amides is 1. The first-order chi connectivity index (χ1) is 18.7. The molecule has 8 nitrogen and oxygen atoms in total. The van der Waals surface area contributed by atoms with Gasteiger partial charge in [-0.25, -0.2) is 0 Å². The molecule has 4 aromatic rings. The van der Waals surface area contributed by atoms with E-state index in [4.69, 9.17) is 28.6 Å². The minimum atomic E-state index is -0.299. The molecule has 0 spiro atoms. The molecule has 3 N–H and O–H groups in total. The Kier molecular flexibility index (Phi) is 7.20. The number of aromatic nitrogens is 2. The number of phenols is 1. The third-order valence-electron chi connectivity index (χ3n) is 6.84. The minimum Gasteiger partial charge on any atom is -0.506 e. The number of rotatable bonds is 6. The fourth-order valence-electron chi connectivity index (χ4n) is 5.22.